The number of aryl methyl sites for hydroxylation is 1. The number of nitrogens with zero attached hydrogens (tertiary/aromatic N) is 3. The molecule has 1 fully saturated rings. The Morgan fingerprint density at radius 2 is 2.19 bits per heavy atom. The second-order valence-electron chi connectivity index (χ2n) is 6.51. The van der Waals surface area contributed by atoms with Gasteiger partial charge in [-0.1, -0.05) is 6.92 Å². The molecular formula is C15H26N4O2. The molecule has 0 spiro atoms. The SMILES string of the molecule is CCCn1nccc1CNC1CN(C(=O)OC(C)(C)C)C1. The highest BCUT2D eigenvalue weighted by Crippen LogP contribution is 2.15. The van der Waals surface area contributed by atoms with Gasteiger partial charge in [-0.15, -0.1) is 0 Å². The molecule has 0 radical (unpaired) electrons. The highest BCUT2D eigenvalue weighted by Gasteiger charge is 2.33. The minimum absolute atomic E-state index is 0.225. The molecule has 118 valence electrons. The van der Waals surface area contributed by atoms with Crippen LogP contribution in [0.5, 0.6) is 0 Å². The lowest BCUT2D eigenvalue weighted by atomic mass is 10.1. The van der Waals surface area contributed by atoms with E-state index in [1.165, 1.54) is 5.69 Å². The minimum Gasteiger partial charge on any atom is -0.444 e. The third-order valence-electron chi connectivity index (χ3n) is 3.35. The lowest BCUT2D eigenvalue weighted by molar-refractivity contribution is 0.00512. The number of ether oxygens (including phenoxy) is 1. The van der Waals surface area contributed by atoms with E-state index in [1.807, 2.05) is 37.7 Å². The molecule has 1 N–H and O–H groups in total. The Balaban J connectivity index is 1.71. The number of likely N-dealkylation sites (tertiary alicyclic amines) is 1. The monoisotopic (exact) mass is 294 g/mol. The topological polar surface area (TPSA) is 59.4 Å². The fourth-order valence-corrected chi connectivity index (χ4v) is 2.26. The summed E-state index contributed by atoms with van der Waals surface area (Å²) in [5, 5.41) is 7.76. The van der Waals surface area contributed by atoms with Gasteiger partial charge in [-0.25, -0.2) is 4.79 Å². The van der Waals surface area contributed by atoms with Gasteiger partial charge in [0.1, 0.15) is 5.60 Å². The van der Waals surface area contributed by atoms with E-state index < -0.39 is 5.60 Å². The van der Waals surface area contributed by atoms with Crippen molar-refractivity contribution in [1.29, 1.82) is 0 Å². The molecule has 2 heterocycles. The Bertz CT molecular complexity index is 472. The fraction of sp³-hybridized carbons (Fsp3) is 0.733. The number of carbonyl (C=O) groups excluding carboxylic acids is 1. The number of carbonyl (C=O) groups is 1. The summed E-state index contributed by atoms with van der Waals surface area (Å²) >= 11 is 0. The molecule has 0 aliphatic carbocycles. The Kier molecular flexibility index (Phi) is 4.88. The molecule has 1 saturated heterocycles. The van der Waals surface area contributed by atoms with Crippen LogP contribution in [-0.4, -0.2) is 45.5 Å². The van der Waals surface area contributed by atoms with Crippen LogP contribution >= 0.6 is 0 Å². The van der Waals surface area contributed by atoms with Crippen molar-refractivity contribution >= 4 is 6.09 Å². The smallest absolute Gasteiger partial charge is 0.410 e. The van der Waals surface area contributed by atoms with Gasteiger partial charge in [0, 0.05) is 38.4 Å². The lowest BCUT2D eigenvalue weighted by Gasteiger charge is -2.40. The molecule has 1 aliphatic rings. The van der Waals surface area contributed by atoms with Crippen molar-refractivity contribution < 1.29 is 9.53 Å². The van der Waals surface area contributed by atoms with Gasteiger partial charge in [0.2, 0.25) is 0 Å². The highest BCUT2D eigenvalue weighted by atomic mass is 16.6. The predicted molar refractivity (Wildman–Crippen MR) is 81.0 cm³/mol. The van der Waals surface area contributed by atoms with Gasteiger partial charge < -0.3 is 15.0 Å². The Morgan fingerprint density at radius 1 is 1.48 bits per heavy atom. The zero-order valence-electron chi connectivity index (χ0n) is 13.4. The van der Waals surface area contributed by atoms with E-state index in [0.717, 1.165) is 19.5 Å². The maximum absolute atomic E-state index is 11.8. The molecule has 1 amide bonds. The van der Waals surface area contributed by atoms with Crippen molar-refractivity contribution in [3.8, 4) is 0 Å². The predicted octanol–water partition coefficient (Wildman–Crippen LogP) is 2.00. The van der Waals surface area contributed by atoms with E-state index in [1.54, 1.807) is 4.90 Å². The van der Waals surface area contributed by atoms with E-state index in [-0.39, 0.29) is 6.09 Å². The Morgan fingerprint density at radius 3 is 2.81 bits per heavy atom. The van der Waals surface area contributed by atoms with Crippen molar-refractivity contribution in [2.24, 2.45) is 0 Å². The van der Waals surface area contributed by atoms with Crippen LogP contribution in [0.3, 0.4) is 0 Å². The molecule has 1 aromatic heterocycles. The quantitative estimate of drug-likeness (QED) is 0.902. The van der Waals surface area contributed by atoms with Crippen LogP contribution in [-0.2, 0) is 17.8 Å². The summed E-state index contributed by atoms with van der Waals surface area (Å²) in [4.78, 5) is 13.5. The maximum Gasteiger partial charge on any atom is 0.410 e. The van der Waals surface area contributed by atoms with Crippen molar-refractivity contribution in [2.45, 2.75) is 58.8 Å². The second kappa shape index (κ2) is 6.47. The van der Waals surface area contributed by atoms with E-state index in [4.69, 9.17) is 4.74 Å². The average molecular weight is 294 g/mol. The van der Waals surface area contributed by atoms with E-state index in [2.05, 4.69) is 17.3 Å². The van der Waals surface area contributed by atoms with Gasteiger partial charge in [-0.3, -0.25) is 4.68 Å². The molecule has 0 bridgehead atoms. The molecule has 6 heteroatoms. The largest absolute Gasteiger partial charge is 0.444 e. The van der Waals surface area contributed by atoms with Crippen molar-refractivity contribution in [1.82, 2.24) is 20.0 Å². The van der Waals surface area contributed by atoms with E-state index in [9.17, 15) is 4.79 Å². The van der Waals surface area contributed by atoms with E-state index in [0.29, 0.717) is 19.1 Å². The van der Waals surface area contributed by atoms with Crippen LogP contribution in [0.25, 0.3) is 0 Å². The fourth-order valence-electron chi connectivity index (χ4n) is 2.26. The summed E-state index contributed by atoms with van der Waals surface area (Å²) in [5.74, 6) is 0. The number of nitrogens with one attached hydrogen (secondary N) is 1. The first-order valence-corrected chi connectivity index (χ1v) is 7.61. The number of rotatable bonds is 5. The summed E-state index contributed by atoms with van der Waals surface area (Å²) in [6.07, 6.45) is 2.68. The number of aromatic nitrogens is 2. The molecule has 6 nitrogen and oxygen atoms in total. The van der Waals surface area contributed by atoms with Crippen molar-refractivity contribution in [2.75, 3.05) is 13.1 Å². The van der Waals surface area contributed by atoms with Crippen LogP contribution in [0.4, 0.5) is 4.79 Å². The summed E-state index contributed by atoms with van der Waals surface area (Å²) in [5.41, 5.74) is 0.759. The first-order valence-electron chi connectivity index (χ1n) is 7.61. The van der Waals surface area contributed by atoms with Gasteiger partial charge >= 0.3 is 6.09 Å². The second-order valence-corrected chi connectivity index (χ2v) is 6.51. The third kappa shape index (κ3) is 4.46. The van der Waals surface area contributed by atoms with Gasteiger partial charge in [0.05, 0.1) is 5.69 Å². The number of amides is 1. The lowest BCUT2D eigenvalue weighted by Crippen LogP contribution is -2.60. The first kappa shape index (κ1) is 15.8. The van der Waals surface area contributed by atoms with Crippen LogP contribution < -0.4 is 5.32 Å². The maximum atomic E-state index is 11.8. The molecule has 0 atom stereocenters. The van der Waals surface area contributed by atoms with Crippen LogP contribution in [0.2, 0.25) is 0 Å². The van der Waals surface area contributed by atoms with Crippen molar-refractivity contribution in [3.05, 3.63) is 18.0 Å². The summed E-state index contributed by atoms with van der Waals surface area (Å²) in [7, 11) is 0. The van der Waals surface area contributed by atoms with E-state index >= 15 is 0 Å². The zero-order chi connectivity index (χ0) is 15.5. The Hall–Kier alpha value is -1.56. The average Bonchev–Trinajstić information content (AvgIpc) is 2.72. The standard InChI is InChI=1S/C15H26N4O2/c1-5-8-19-13(6-7-17-19)9-16-12-10-18(11-12)14(20)21-15(2,3)4/h6-7,12,16H,5,8-11H2,1-4H3. The van der Waals surface area contributed by atoms with Crippen LogP contribution in [0, 0.1) is 0 Å². The third-order valence-corrected chi connectivity index (χ3v) is 3.35. The summed E-state index contributed by atoms with van der Waals surface area (Å²) < 4.78 is 7.36. The molecule has 0 unspecified atom stereocenters. The molecule has 0 saturated carbocycles. The minimum atomic E-state index is -0.428. The Labute approximate surface area is 126 Å². The normalized spacial score (nSPS) is 15.9. The molecule has 1 aromatic rings. The van der Waals surface area contributed by atoms with Gasteiger partial charge in [-0.05, 0) is 33.3 Å². The number of hydrogen-bond donors (Lipinski definition) is 1. The number of hydrogen-bond acceptors (Lipinski definition) is 4. The van der Waals surface area contributed by atoms with Crippen LogP contribution in [0.15, 0.2) is 12.3 Å². The first-order chi connectivity index (χ1) is 9.89. The van der Waals surface area contributed by atoms with Crippen LogP contribution in [0.1, 0.15) is 39.8 Å². The highest BCUT2D eigenvalue weighted by molar-refractivity contribution is 5.69. The van der Waals surface area contributed by atoms with Gasteiger partial charge in [0.25, 0.3) is 0 Å². The van der Waals surface area contributed by atoms with Gasteiger partial charge in [-0.2, -0.15) is 5.10 Å². The summed E-state index contributed by atoms with van der Waals surface area (Å²) in [6.45, 7) is 10.9. The molecular weight excluding hydrogens is 268 g/mol. The zero-order valence-corrected chi connectivity index (χ0v) is 13.4. The van der Waals surface area contributed by atoms with Gasteiger partial charge in [0.15, 0.2) is 0 Å². The molecule has 1 aliphatic heterocycles. The molecule has 2 rings (SSSR count). The molecule has 0 aromatic carbocycles. The van der Waals surface area contributed by atoms with Crippen molar-refractivity contribution in [3.63, 3.8) is 0 Å². The summed E-state index contributed by atoms with van der Waals surface area (Å²) in [6, 6.07) is 2.37. The molecule has 21 heavy (non-hydrogen) atoms.